The number of hydrogen-bond donors (Lipinski definition) is 1. The molecule has 0 spiro atoms. The van der Waals surface area contributed by atoms with Gasteiger partial charge in [-0.15, -0.1) is 0 Å². The largest absolute Gasteiger partial charge is 0.491 e. The van der Waals surface area contributed by atoms with Crippen LogP contribution in [0.1, 0.15) is 22.8 Å². The molecule has 0 saturated carbocycles. The Hall–Kier alpha value is -2.60. The molecule has 7 heteroatoms. The van der Waals surface area contributed by atoms with Gasteiger partial charge in [-0.25, -0.2) is 0 Å². The standard InChI is InChI=1S/C17H17ClN2O4/c1-11-3-6-14(7-4-11)24-10-12(2)19-17(21)13-5-8-15(18)16(9-13)20(22)23/h3-9,12H,10H2,1-2H3,(H,19,21)/t12-/m0/s1. The lowest BCUT2D eigenvalue weighted by Crippen LogP contribution is -2.36. The van der Waals surface area contributed by atoms with Crippen molar-refractivity contribution in [1.82, 2.24) is 5.32 Å². The number of nitrogens with zero attached hydrogens (tertiary/aromatic N) is 1. The van der Waals surface area contributed by atoms with Gasteiger partial charge in [-0.3, -0.25) is 14.9 Å². The molecule has 0 heterocycles. The molecular formula is C17H17ClN2O4. The van der Waals surface area contributed by atoms with E-state index < -0.39 is 10.8 Å². The molecule has 0 aliphatic heterocycles. The molecule has 0 aromatic heterocycles. The maximum Gasteiger partial charge on any atom is 0.288 e. The second-order valence-electron chi connectivity index (χ2n) is 5.42. The summed E-state index contributed by atoms with van der Waals surface area (Å²) in [7, 11) is 0. The van der Waals surface area contributed by atoms with Gasteiger partial charge in [0.2, 0.25) is 0 Å². The lowest BCUT2D eigenvalue weighted by Gasteiger charge is -2.15. The van der Waals surface area contributed by atoms with E-state index in [0.29, 0.717) is 5.75 Å². The maximum absolute atomic E-state index is 12.2. The molecule has 0 radical (unpaired) electrons. The van der Waals surface area contributed by atoms with Gasteiger partial charge in [0.25, 0.3) is 11.6 Å². The summed E-state index contributed by atoms with van der Waals surface area (Å²) in [5.41, 5.74) is 1.01. The van der Waals surface area contributed by atoms with Crippen LogP contribution in [0.25, 0.3) is 0 Å². The van der Waals surface area contributed by atoms with Crippen LogP contribution in [0.5, 0.6) is 5.75 Å². The summed E-state index contributed by atoms with van der Waals surface area (Å²) in [6.45, 7) is 4.05. The van der Waals surface area contributed by atoms with Crippen molar-refractivity contribution in [2.75, 3.05) is 6.61 Å². The van der Waals surface area contributed by atoms with Gasteiger partial charge in [0.05, 0.1) is 11.0 Å². The topological polar surface area (TPSA) is 81.5 Å². The molecule has 1 N–H and O–H groups in total. The number of halogens is 1. The molecule has 0 unspecified atom stereocenters. The van der Waals surface area contributed by atoms with Crippen molar-refractivity contribution in [3.8, 4) is 5.75 Å². The van der Waals surface area contributed by atoms with Crippen LogP contribution in [0, 0.1) is 17.0 Å². The van der Waals surface area contributed by atoms with E-state index in [9.17, 15) is 14.9 Å². The summed E-state index contributed by atoms with van der Waals surface area (Å²) in [6.07, 6.45) is 0. The van der Waals surface area contributed by atoms with E-state index in [-0.39, 0.29) is 28.9 Å². The number of rotatable bonds is 6. The average Bonchev–Trinajstić information content (AvgIpc) is 2.54. The van der Waals surface area contributed by atoms with E-state index in [1.807, 2.05) is 31.2 Å². The highest BCUT2D eigenvalue weighted by Gasteiger charge is 2.17. The van der Waals surface area contributed by atoms with Crippen molar-refractivity contribution in [3.05, 3.63) is 68.7 Å². The van der Waals surface area contributed by atoms with Gasteiger partial charge in [0, 0.05) is 11.6 Å². The molecule has 2 rings (SSSR count). The molecule has 1 amide bonds. The number of carbonyl (C=O) groups excluding carboxylic acids is 1. The van der Waals surface area contributed by atoms with Gasteiger partial charge in [-0.2, -0.15) is 0 Å². The smallest absolute Gasteiger partial charge is 0.288 e. The first-order valence-corrected chi connectivity index (χ1v) is 7.69. The maximum atomic E-state index is 12.2. The second kappa shape index (κ2) is 7.79. The normalized spacial score (nSPS) is 11.6. The Bertz CT molecular complexity index is 747. The van der Waals surface area contributed by atoms with Crippen LogP contribution in [0.2, 0.25) is 5.02 Å². The van der Waals surface area contributed by atoms with Crippen molar-refractivity contribution >= 4 is 23.2 Å². The Morgan fingerprint density at radius 3 is 2.58 bits per heavy atom. The molecule has 0 bridgehead atoms. The predicted octanol–water partition coefficient (Wildman–Crippen LogP) is 3.75. The van der Waals surface area contributed by atoms with Crippen LogP contribution in [-0.2, 0) is 0 Å². The quantitative estimate of drug-likeness (QED) is 0.636. The lowest BCUT2D eigenvalue weighted by atomic mass is 10.2. The van der Waals surface area contributed by atoms with Gasteiger partial charge in [0.1, 0.15) is 17.4 Å². The Morgan fingerprint density at radius 2 is 1.96 bits per heavy atom. The molecule has 2 aromatic carbocycles. The highest BCUT2D eigenvalue weighted by molar-refractivity contribution is 6.32. The van der Waals surface area contributed by atoms with Crippen molar-refractivity contribution in [3.63, 3.8) is 0 Å². The minimum absolute atomic E-state index is 0.00713. The van der Waals surface area contributed by atoms with Crippen LogP contribution in [0.3, 0.4) is 0 Å². The number of benzene rings is 2. The number of nitro groups is 1. The van der Waals surface area contributed by atoms with E-state index in [1.165, 1.54) is 12.1 Å². The molecule has 6 nitrogen and oxygen atoms in total. The summed E-state index contributed by atoms with van der Waals surface area (Å²) in [6, 6.07) is 11.2. The lowest BCUT2D eigenvalue weighted by molar-refractivity contribution is -0.384. The van der Waals surface area contributed by atoms with Gasteiger partial charge < -0.3 is 10.1 Å². The van der Waals surface area contributed by atoms with Crippen molar-refractivity contribution in [2.24, 2.45) is 0 Å². The first kappa shape index (κ1) is 17.7. The van der Waals surface area contributed by atoms with Crippen LogP contribution in [0.4, 0.5) is 5.69 Å². The third kappa shape index (κ3) is 4.70. The van der Waals surface area contributed by atoms with Crippen molar-refractivity contribution in [1.29, 1.82) is 0 Å². The Morgan fingerprint density at radius 1 is 1.29 bits per heavy atom. The molecule has 0 aliphatic carbocycles. The molecule has 1 atom stereocenters. The predicted molar refractivity (Wildman–Crippen MR) is 91.7 cm³/mol. The zero-order chi connectivity index (χ0) is 17.7. The van der Waals surface area contributed by atoms with E-state index in [0.717, 1.165) is 11.6 Å². The summed E-state index contributed by atoms with van der Waals surface area (Å²) in [5, 5.41) is 13.6. The Labute approximate surface area is 144 Å². The van der Waals surface area contributed by atoms with Crippen LogP contribution < -0.4 is 10.1 Å². The molecule has 24 heavy (non-hydrogen) atoms. The first-order valence-electron chi connectivity index (χ1n) is 7.31. The fourth-order valence-electron chi connectivity index (χ4n) is 2.00. The van der Waals surface area contributed by atoms with Crippen LogP contribution in [0.15, 0.2) is 42.5 Å². The van der Waals surface area contributed by atoms with E-state index in [2.05, 4.69) is 5.32 Å². The SMILES string of the molecule is Cc1ccc(OC[C@H](C)NC(=O)c2ccc(Cl)c([N+](=O)[O-])c2)cc1. The summed E-state index contributed by atoms with van der Waals surface area (Å²) >= 11 is 5.74. The highest BCUT2D eigenvalue weighted by atomic mass is 35.5. The second-order valence-corrected chi connectivity index (χ2v) is 5.83. The third-order valence-electron chi connectivity index (χ3n) is 3.30. The number of ether oxygens (including phenoxy) is 1. The Kier molecular flexibility index (Phi) is 5.76. The van der Waals surface area contributed by atoms with Gasteiger partial charge in [-0.1, -0.05) is 29.3 Å². The fourth-order valence-corrected chi connectivity index (χ4v) is 2.18. The summed E-state index contributed by atoms with van der Waals surface area (Å²) in [4.78, 5) is 22.4. The number of hydrogen-bond acceptors (Lipinski definition) is 4. The number of carbonyl (C=O) groups is 1. The number of nitro benzene ring substituents is 1. The minimum atomic E-state index is -0.622. The number of amides is 1. The van der Waals surface area contributed by atoms with Gasteiger partial charge in [-0.05, 0) is 38.1 Å². The highest BCUT2D eigenvalue weighted by Crippen LogP contribution is 2.25. The molecule has 0 saturated heterocycles. The minimum Gasteiger partial charge on any atom is -0.491 e. The summed E-state index contributed by atoms with van der Waals surface area (Å²) in [5.74, 6) is 0.290. The molecule has 0 aliphatic rings. The number of nitrogens with one attached hydrogen (secondary N) is 1. The monoisotopic (exact) mass is 348 g/mol. The Balaban J connectivity index is 1.95. The van der Waals surface area contributed by atoms with E-state index >= 15 is 0 Å². The fraction of sp³-hybridized carbons (Fsp3) is 0.235. The zero-order valence-electron chi connectivity index (χ0n) is 13.3. The van der Waals surface area contributed by atoms with E-state index in [1.54, 1.807) is 6.92 Å². The average molecular weight is 349 g/mol. The molecular weight excluding hydrogens is 332 g/mol. The third-order valence-corrected chi connectivity index (χ3v) is 3.62. The van der Waals surface area contributed by atoms with Crippen LogP contribution in [-0.4, -0.2) is 23.5 Å². The zero-order valence-corrected chi connectivity index (χ0v) is 14.0. The van der Waals surface area contributed by atoms with Crippen molar-refractivity contribution < 1.29 is 14.5 Å². The van der Waals surface area contributed by atoms with Crippen molar-refractivity contribution in [2.45, 2.75) is 19.9 Å². The summed E-state index contributed by atoms with van der Waals surface area (Å²) < 4.78 is 5.60. The molecule has 2 aromatic rings. The number of aryl methyl sites for hydroxylation is 1. The molecule has 126 valence electrons. The first-order chi connectivity index (χ1) is 11.4. The van der Waals surface area contributed by atoms with Gasteiger partial charge >= 0.3 is 0 Å². The van der Waals surface area contributed by atoms with Crippen LogP contribution >= 0.6 is 11.6 Å². The van der Waals surface area contributed by atoms with Gasteiger partial charge in [0.15, 0.2) is 0 Å². The molecule has 0 fully saturated rings. The van der Waals surface area contributed by atoms with E-state index in [4.69, 9.17) is 16.3 Å².